The summed E-state index contributed by atoms with van der Waals surface area (Å²) in [6, 6.07) is 4.84. The molecule has 0 saturated carbocycles. The monoisotopic (exact) mass is 212 g/mol. The number of hydrogen-bond donors (Lipinski definition) is 2. The number of anilines is 1. The molecule has 0 aliphatic carbocycles. The molecule has 0 bridgehead atoms. The van der Waals surface area contributed by atoms with E-state index >= 15 is 0 Å². The lowest BCUT2D eigenvalue weighted by atomic mass is 10.2. The van der Waals surface area contributed by atoms with Gasteiger partial charge in [-0.05, 0) is 18.2 Å². The summed E-state index contributed by atoms with van der Waals surface area (Å²) in [5, 5.41) is 11.3. The molecule has 1 amide bonds. The number of hydrogen-bond acceptors (Lipinski definition) is 2. The van der Waals surface area contributed by atoms with Crippen LogP contribution in [0.3, 0.4) is 0 Å². The number of rotatable bonds is 2. The highest BCUT2D eigenvalue weighted by Crippen LogP contribution is 2.18. The lowest BCUT2D eigenvalue weighted by molar-refractivity contribution is 0.209. The Morgan fingerprint density at radius 1 is 1.64 bits per heavy atom. The van der Waals surface area contributed by atoms with Crippen molar-refractivity contribution in [1.82, 2.24) is 0 Å². The first-order chi connectivity index (χ1) is 6.63. The molecule has 0 aliphatic rings. The maximum atomic E-state index is 10.4. The highest BCUT2D eigenvalue weighted by molar-refractivity contribution is 6.31. The van der Waals surface area contributed by atoms with Crippen molar-refractivity contribution in [2.24, 2.45) is 4.99 Å². The molecule has 74 valence electrons. The summed E-state index contributed by atoms with van der Waals surface area (Å²) in [5.74, 6) is 0. The predicted molar refractivity (Wildman–Crippen MR) is 56.6 cm³/mol. The van der Waals surface area contributed by atoms with Gasteiger partial charge in [0.15, 0.2) is 0 Å². The quantitative estimate of drug-likeness (QED) is 0.740. The SMILES string of the molecule is C/N=C/c1cc(Cl)ccc1NC(=O)O. The van der Waals surface area contributed by atoms with Crippen molar-refractivity contribution in [3.8, 4) is 0 Å². The maximum absolute atomic E-state index is 10.4. The third-order valence-electron chi connectivity index (χ3n) is 1.52. The minimum absolute atomic E-state index is 0.465. The Morgan fingerprint density at radius 3 is 2.93 bits per heavy atom. The average Bonchev–Trinajstić information content (AvgIpc) is 2.09. The van der Waals surface area contributed by atoms with Crippen LogP contribution in [0.15, 0.2) is 23.2 Å². The van der Waals surface area contributed by atoms with Crippen molar-refractivity contribution < 1.29 is 9.90 Å². The molecule has 0 fully saturated rings. The Labute approximate surface area is 86.2 Å². The van der Waals surface area contributed by atoms with Gasteiger partial charge in [0, 0.05) is 23.8 Å². The van der Waals surface area contributed by atoms with Crippen LogP contribution in [0, 0.1) is 0 Å². The standard InChI is InChI=1S/C9H9ClN2O2/c1-11-5-6-4-7(10)2-3-8(6)12-9(13)14/h2-5,12H,1H3,(H,13,14)/b11-5+. The fourth-order valence-corrected chi connectivity index (χ4v) is 1.19. The van der Waals surface area contributed by atoms with Crippen molar-refractivity contribution in [3.63, 3.8) is 0 Å². The molecule has 0 atom stereocenters. The third kappa shape index (κ3) is 2.74. The van der Waals surface area contributed by atoms with Crippen LogP contribution in [0.2, 0.25) is 5.02 Å². The molecule has 0 aromatic heterocycles. The number of carboxylic acid groups (broad SMARTS) is 1. The zero-order valence-electron chi connectivity index (χ0n) is 7.49. The fourth-order valence-electron chi connectivity index (χ4n) is 1.01. The second-order valence-corrected chi connectivity index (χ2v) is 2.99. The molecule has 0 unspecified atom stereocenters. The lowest BCUT2D eigenvalue weighted by Gasteiger charge is -2.04. The molecular formula is C9H9ClN2O2. The van der Waals surface area contributed by atoms with E-state index < -0.39 is 6.09 Å². The largest absolute Gasteiger partial charge is 0.465 e. The van der Waals surface area contributed by atoms with E-state index in [0.717, 1.165) is 0 Å². The van der Waals surface area contributed by atoms with Crippen molar-refractivity contribution in [2.45, 2.75) is 0 Å². The van der Waals surface area contributed by atoms with Crippen molar-refractivity contribution in [3.05, 3.63) is 28.8 Å². The van der Waals surface area contributed by atoms with Gasteiger partial charge in [0.1, 0.15) is 0 Å². The van der Waals surface area contributed by atoms with Crippen LogP contribution in [0.4, 0.5) is 10.5 Å². The van der Waals surface area contributed by atoms with E-state index in [9.17, 15) is 4.79 Å². The first-order valence-electron chi connectivity index (χ1n) is 3.85. The molecule has 1 rings (SSSR count). The Bertz CT molecular complexity index is 377. The average molecular weight is 213 g/mol. The van der Waals surface area contributed by atoms with E-state index in [1.807, 2.05) is 0 Å². The highest BCUT2D eigenvalue weighted by atomic mass is 35.5. The number of halogens is 1. The van der Waals surface area contributed by atoms with Gasteiger partial charge in [-0.15, -0.1) is 0 Å². The minimum Gasteiger partial charge on any atom is -0.465 e. The van der Waals surface area contributed by atoms with Crippen LogP contribution in [0.25, 0.3) is 0 Å². The van der Waals surface area contributed by atoms with Crippen LogP contribution >= 0.6 is 11.6 Å². The van der Waals surface area contributed by atoms with Crippen LogP contribution in [-0.4, -0.2) is 24.5 Å². The smallest absolute Gasteiger partial charge is 0.409 e. The van der Waals surface area contributed by atoms with Crippen molar-refractivity contribution >= 4 is 29.6 Å². The summed E-state index contributed by atoms with van der Waals surface area (Å²) >= 11 is 5.75. The summed E-state index contributed by atoms with van der Waals surface area (Å²) in [5.41, 5.74) is 1.11. The van der Waals surface area contributed by atoms with Gasteiger partial charge < -0.3 is 5.11 Å². The summed E-state index contributed by atoms with van der Waals surface area (Å²) in [4.78, 5) is 14.2. The number of amides is 1. The number of nitrogens with zero attached hydrogens (tertiary/aromatic N) is 1. The molecule has 0 radical (unpaired) electrons. The molecular weight excluding hydrogens is 204 g/mol. The van der Waals surface area contributed by atoms with Gasteiger partial charge >= 0.3 is 6.09 Å². The van der Waals surface area contributed by atoms with E-state index in [2.05, 4.69) is 10.3 Å². The van der Waals surface area contributed by atoms with Crippen LogP contribution in [0.5, 0.6) is 0 Å². The predicted octanol–water partition coefficient (Wildman–Crippen LogP) is 2.48. The van der Waals surface area contributed by atoms with Gasteiger partial charge in [-0.3, -0.25) is 10.3 Å². The molecule has 1 aromatic rings. The molecule has 14 heavy (non-hydrogen) atoms. The maximum Gasteiger partial charge on any atom is 0.409 e. The fraction of sp³-hybridized carbons (Fsp3) is 0.111. The number of aliphatic imine (C=N–C) groups is 1. The molecule has 4 nitrogen and oxygen atoms in total. The molecule has 0 spiro atoms. The number of nitrogens with one attached hydrogen (secondary N) is 1. The normalized spacial score (nSPS) is 10.4. The van der Waals surface area contributed by atoms with Gasteiger partial charge in [-0.25, -0.2) is 4.79 Å². The second kappa shape index (κ2) is 4.62. The Balaban J connectivity index is 3.07. The van der Waals surface area contributed by atoms with Gasteiger partial charge in [0.2, 0.25) is 0 Å². The van der Waals surface area contributed by atoms with Gasteiger partial charge in [0.25, 0.3) is 0 Å². The van der Waals surface area contributed by atoms with Gasteiger partial charge in [-0.1, -0.05) is 11.6 Å². The first-order valence-corrected chi connectivity index (χ1v) is 4.23. The molecule has 2 N–H and O–H groups in total. The Hall–Kier alpha value is -1.55. The van der Waals surface area contributed by atoms with Gasteiger partial charge in [-0.2, -0.15) is 0 Å². The van der Waals surface area contributed by atoms with E-state index in [-0.39, 0.29) is 0 Å². The molecule has 5 heteroatoms. The zero-order chi connectivity index (χ0) is 10.6. The van der Waals surface area contributed by atoms with E-state index in [0.29, 0.717) is 16.3 Å². The molecule has 1 aromatic carbocycles. The summed E-state index contributed by atoms with van der Waals surface area (Å²) in [6.07, 6.45) is 0.426. The van der Waals surface area contributed by atoms with E-state index in [4.69, 9.17) is 16.7 Å². The number of carbonyl (C=O) groups is 1. The Morgan fingerprint density at radius 2 is 2.36 bits per heavy atom. The van der Waals surface area contributed by atoms with Gasteiger partial charge in [0.05, 0.1) is 5.69 Å². The third-order valence-corrected chi connectivity index (χ3v) is 1.76. The topological polar surface area (TPSA) is 61.7 Å². The van der Waals surface area contributed by atoms with Crippen molar-refractivity contribution in [2.75, 3.05) is 12.4 Å². The molecule has 0 aliphatic heterocycles. The van der Waals surface area contributed by atoms with Crippen LogP contribution < -0.4 is 5.32 Å². The van der Waals surface area contributed by atoms with Crippen LogP contribution in [-0.2, 0) is 0 Å². The molecule has 0 saturated heterocycles. The lowest BCUT2D eigenvalue weighted by Crippen LogP contribution is -2.09. The summed E-state index contributed by atoms with van der Waals surface area (Å²) in [6.45, 7) is 0. The van der Waals surface area contributed by atoms with Crippen molar-refractivity contribution in [1.29, 1.82) is 0 Å². The summed E-state index contributed by atoms with van der Waals surface area (Å²) < 4.78 is 0. The first kappa shape index (κ1) is 10.5. The minimum atomic E-state index is -1.11. The van der Waals surface area contributed by atoms with E-state index in [1.54, 1.807) is 25.2 Å². The molecule has 0 heterocycles. The second-order valence-electron chi connectivity index (χ2n) is 2.55. The number of benzene rings is 1. The zero-order valence-corrected chi connectivity index (χ0v) is 8.25. The van der Waals surface area contributed by atoms with E-state index in [1.165, 1.54) is 6.21 Å². The Kier molecular flexibility index (Phi) is 3.48. The summed E-state index contributed by atoms with van der Waals surface area (Å²) in [7, 11) is 1.60. The van der Waals surface area contributed by atoms with Crippen LogP contribution in [0.1, 0.15) is 5.56 Å². The highest BCUT2D eigenvalue weighted by Gasteiger charge is 2.03.